The first-order valence-electron chi connectivity index (χ1n) is 5.22. The van der Waals surface area contributed by atoms with Gasteiger partial charge in [0.25, 0.3) is 0 Å². The maximum atomic E-state index is 13.4. The zero-order chi connectivity index (χ0) is 11.5. The number of aromatic nitrogens is 1. The zero-order valence-corrected chi connectivity index (χ0v) is 9.84. The Morgan fingerprint density at radius 1 is 1.47 bits per heavy atom. The van der Waals surface area contributed by atoms with Gasteiger partial charge >= 0.3 is 0 Å². The monoisotopic (exact) mass is 210 g/mol. The highest BCUT2D eigenvalue weighted by molar-refractivity contribution is 5.09. The number of hydrogen-bond acceptors (Lipinski definition) is 2. The van der Waals surface area contributed by atoms with Crippen LogP contribution in [0.2, 0.25) is 0 Å². The average Bonchev–Trinajstić information content (AvgIpc) is 2.14. The normalized spacial score (nSPS) is 13.9. The number of nitrogens with one attached hydrogen (secondary N) is 1. The Bertz CT molecular complexity index is 318. The fraction of sp³-hybridized carbons (Fsp3) is 0.583. The molecule has 15 heavy (non-hydrogen) atoms. The van der Waals surface area contributed by atoms with E-state index in [1.165, 1.54) is 6.07 Å². The van der Waals surface area contributed by atoms with Crippen LogP contribution < -0.4 is 5.32 Å². The van der Waals surface area contributed by atoms with E-state index in [1.54, 1.807) is 12.3 Å². The molecule has 1 atom stereocenters. The Kier molecular flexibility index (Phi) is 3.80. The van der Waals surface area contributed by atoms with Gasteiger partial charge in [0, 0.05) is 18.7 Å². The Hall–Kier alpha value is -0.960. The lowest BCUT2D eigenvalue weighted by Gasteiger charge is -2.30. The largest absolute Gasteiger partial charge is 0.316 e. The number of pyridine rings is 1. The first-order valence-corrected chi connectivity index (χ1v) is 5.22. The molecule has 0 saturated heterocycles. The van der Waals surface area contributed by atoms with Gasteiger partial charge in [0.2, 0.25) is 0 Å². The van der Waals surface area contributed by atoms with E-state index >= 15 is 0 Å². The van der Waals surface area contributed by atoms with Gasteiger partial charge in [-0.05, 0) is 24.6 Å². The van der Waals surface area contributed by atoms with Crippen LogP contribution in [0.25, 0.3) is 0 Å². The van der Waals surface area contributed by atoms with Crippen LogP contribution in [0.3, 0.4) is 0 Å². The Labute approximate surface area is 90.9 Å². The standard InChI is InChI=1S/C12H19FN2/c1-12(2,3)11(14-4)8-10-9(13)6-5-7-15-10/h5-7,11,14H,8H2,1-4H3. The second-order valence-electron chi connectivity index (χ2n) is 4.84. The fourth-order valence-electron chi connectivity index (χ4n) is 1.60. The highest BCUT2D eigenvalue weighted by atomic mass is 19.1. The molecule has 0 fully saturated rings. The number of rotatable bonds is 3. The number of nitrogens with zero attached hydrogens (tertiary/aromatic N) is 1. The molecule has 0 aliphatic carbocycles. The molecule has 0 aliphatic rings. The van der Waals surface area contributed by atoms with Crippen LogP contribution in [0.4, 0.5) is 4.39 Å². The fourth-order valence-corrected chi connectivity index (χ4v) is 1.60. The molecular weight excluding hydrogens is 191 g/mol. The molecule has 1 aromatic rings. The van der Waals surface area contributed by atoms with E-state index in [1.807, 2.05) is 7.05 Å². The molecule has 1 rings (SSSR count). The van der Waals surface area contributed by atoms with E-state index in [2.05, 4.69) is 31.1 Å². The maximum absolute atomic E-state index is 13.4. The van der Waals surface area contributed by atoms with Gasteiger partial charge in [-0.15, -0.1) is 0 Å². The first-order chi connectivity index (χ1) is 6.95. The molecule has 1 heterocycles. The van der Waals surface area contributed by atoms with Crippen LogP contribution in [0.15, 0.2) is 18.3 Å². The summed E-state index contributed by atoms with van der Waals surface area (Å²) in [7, 11) is 1.90. The molecule has 3 heteroatoms. The molecule has 0 aromatic carbocycles. The summed E-state index contributed by atoms with van der Waals surface area (Å²) in [6.07, 6.45) is 2.25. The maximum Gasteiger partial charge on any atom is 0.144 e. The summed E-state index contributed by atoms with van der Waals surface area (Å²) >= 11 is 0. The first kappa shape index (κ1) is 12.1. The van der Waals surface area contributed by atoms with Crippen LogP contribution in [0.5, 0.6) is 0 Å². The van der Waals surface area contributed by atoms with E-state index in [-0.39, 0.29) is 17.3 Å². The quantitative estimate of drug-likeness (QED) is 0.828. The van der Waals surface area contributed by atoms with Crippen molar-refractivity contribution in [3.8, 4) is 0 Å². The lowest BCUT2D eigenvalue weighted by molar-refractivity contribution is 0.276. The van der Waals surface area contributed by atoms with Gasteiger partial charge in [0.15, 0.2) is 0 Å². The molecule has 0 aliphatic heterocycles. The minimum Gasteiger partial charge on any atom is -0.316 e. The van der Waals surface area contributed by atoms with Gasteiger partial charge in [-0.3, -0.25) is 4.98 Å². The van der Waals surface area contributed by atoms with E-state index in [0.29, 0.717) is 12.1 Å². The molecule has 2 nitrogen and oxygen atoms in total. The third-order valence-electron chi connectivity index (χ3n) is 2.63. The summed E-state index contributed by atoms with van der Waals surface area (Å²) in [5.74, 6) is -0.220. The molecule has 1 aromatic heterocycles. The third kappa shape index (κ3) is 3.27. The van der Waals surface area contributed by atoms with Gasteiger partial charge in [0.05, 0.1) is 5.69 Å². The molecule has 0 bridgehead atoms. The molecule has 84 valence electrons. The SMILES string of the molecule is CNC(Cc1ncccc1F)C(C)(C)C. The minimum absolute atomic E-state index is 0.0959. The minimum atomic E-state index is -0.220. The van der Waals surface area contributed by atoms with E-state index in [0.717, 1.165) is 0 Å². The number of likely N-dealkylation sites (N-methyl/N-ethyl adjacent to an activating group) is 1. The lowest BCUT2D eigenvalue weighted by atomic mass is 9.84. The van der Waals surface area contributed by atoms with Gasteiger partial charge in [-0.2, -0.15) is 0 Å². The van der Waals surface area contributed by atoms with Crippen molar-refractivity contribution in [1.82, 2.24) is 10.3 Å². The van der Waals surface area contributed by atoms with Gasteiger partial charge < -0.3 is 5.32 Å². The van der Waals surface area contributed by atoms with Crippen LogP contribution >= 0.6 is 0 Å². The van der Waals surface area contributed by atoms with Crippen molar-refractivity contribution in [2.75, 3.05) is 7.05 Å². The van der Waals surface area contributed by atoms with Gasteiger partial charge in [-0.25, -0.2) is 4.39 Å². The Morgan fingerprint density at radius 2 is 2.13 bits per heavy atom. The highest BCUT2D eigenvalue weighted by Gasteiger charge is 2.24. The second kappa shape index (κ2) is 4.71. The summed E-state index contributed by atoms with van der Waals surface area (Å²) in [5, 5.41) is 3.21. The third-order valence-corrected chi connectivity index (χ3v) is 2.63. The van der Waals surface area contributed by atoms with Crippen LogP contribution in [-0.2, 0) is 6.42 Å². The summed E-state index contributed by atoms with van der Waals surface area (Å²) < 4.78 is 13.4. The van der Waals surface area contributed by atoms with Crippen LogP contribution in [0, 0.1) is 11.2 Å². The zero-order valence-electron chi connectivity index (χ0n) is 9.84. The molecule has 0 spiro atoms. The van der Waals surface area contributed by atoms with Crippen molar-refractivity contribution in [2.45, 2.75) is 33.2 Å². The van der Waals surface area contributed by atoms with Gasteiger partial charge in [-0.1, -0.05) is 20.8 Å². The average molecular weight is 210 g/mol. The lowest BCUT2D eigenvalue weighted by Crippen LogP contribution is -2.40. The summed E-state index contributed by atoms with van der Waals surface area (Å²) in [5.41, 5.74) is 0.630. The smallest absolute Gasteiger partial charge is 0.144 e. The van der Waals surface area contributed by atoms with Crippen molar-refractivity contribution >= 4 is 0 Å². The molecule has 0 amide bonds. The van der Waals surface area contributed by atoms with Crippen molar-refractivity contribution in [3.63, 3.8) is 0 Å². The topological polar surface area (TPSA) is 24.9 Å². The highest BCUT2D eigenvalue weighted by Crippen LogP contribution is 2.22. The van der Waals surface area contributed by atoms with Crippen molar-refractivity contribution < 1.29 is 4.39 Å². The second-order valence-corrected chi connectivity index (χ2v) is 4.84. The summed E-state index contributed by atoms with van der Waals surface area (Å²) in [6, 6.07) is 3.30. The van der Waals surface area contributed by atoms with Gasteiger partial charge in [0.1, 0.15) is 5.82 Å². The van der Waals surface area contributed by atoms with Crippen molar-refractivity contribution in [3.05, 3.63) is 29.8 Å². The predicted molar refractivity (Wildman–Crippen MR) is 60.2 cm³/mol. The Balaban J connectivity index is 2.80. The summed E-state index contributed by atoms with van der Waals surface area (Å²) in [4.78, 5) is 4.06. The Morgan fingerprint density at radius 3 is 2.60 bits per heavy atom. The molecule has 0 saturated carbocycles. The summed E-state index contributed by atoms with van der Waals surface area (Å²) in [6.45, 7) is 6.40. The van der Waals surface area contributed by atoms with Crippen LogP contribution in [-0.4, -0.2) is 18.1 Å². The number of halogens is 1. The molecule has 0 radical (unpaired) electrons. The molecular formula is C12H19FN2. The van der Waals surface area contributed by atoms with Crippen LogP contribution in [0.1, 0.15) is 26.5 Å². The molecule has 1 N–H and O–H groups in total. The van der Waals surface area contributed by atoms with E-state index in [9.17, 15) is 4.39 Å². The van der Waals surface area contributed by atoms with Crippen molar-refractivity contribution in [2.24, 2.45) is 5.41 Å². The number of hydrogen-bond donors (Lipinski definition) is 1. The molecule has 1 unspecified atom stereocenters. The van der Waals surface area contributed by atoms with E-state index < -0.39 is 0 Å². The van der Waals surface area contributed by atoms with E-state index in [4.69, 9.17) is 0 Å². The van der Waals surface area contributed by atoms with Crippen molar-refractivity contribution in [1.29, 1.82) is 0 Å². The predicted octanol–water partition coefficient (Wildman–Crippen LogP) is 2.40.